The van der Waals surface area contributed by atoms with Crippen LogP contribution in [0.1, 0.15) is 11.1 Å². The third-order valence-electron chi connectivity index (χ3n) is 3.20. The molecular formula is C13H15N3O. The predicted molar refractivity (Wildman–Crippen MR) is 65.7 cm³/mol. The average Bonchev–Trinajstić information content (AvgIpc) is 2.95. The van der Waals surface area contributed by atoms with Gasteiger partial charge in [0.2, 0.25) is 0 Å². The molecule has 0 atom stereocenters. The monoisotopic (exact) mass is 229 g/mol. The van der Waals surface area contributed by atoms with Gasteiger partial charge < -0.3 is 10.5 Å². The number of ether oxygens (including phenoxy) is 1. The summed E-state index contributed by atoms with van der Waals surface area (Å²) in [6.45, 7) is 1.27. The summed E-state index contributed by atoms with van der Waals surface area (Å²) in [6.07, 6.45) is 2.77. The van der Waals surface area contributed by atoms with Gasteiger partial charge in [0.1, 0.15) is 5.75 Å². The number of nitrogens with two attached hydrogens (primary N) is 1. The van der Waals surface area contributed by atoms with Gasteiger partial charge in [0.15, 0.2) is 0 Å². The van der Waals surface area contributed by atoms with Crippen LogP contribution in [0.15, 0.2) is 24.4 Å². The zero-order valence-corrected chi connectivity index (χ0v) is 9.81. The van der Waals surface area contributed by atoms with Crippen LogP contribution in [-0.2, 0) is 20.0 Å². The molecule has 0 bridgehead atoms. The van der Waals surface area contributed by atoms with E-state index in [9.17, 15) is 0 Å². The van der Waals surface area contributed by atoms with Crippen LogP contribution in [0, 0.1) is 0 Å². The molecule has 2 heterocycles. The molecule has 4 heteroatoms. The van der Waals surface area contributed by atoms with Crippen molar-refractivity contribution >= 4 is 0 Å². The first-order valence-electron chi connectivity index (χ1n) is 5.76. The largest absolute Gasteiger partial charge is 0.493 e. The Morgan fingerprint density at radius 2 is 2.35 bits per heavy atom. The van der Waals surface area contributed by atoms with Crippen LogP contribution in [-0.4, -0.2) is 16.4 Å². The molecule has 1 aromatic carbocycles. The SMILES string of the molecule is Cn1nccc1-c1cc(CN)c2c(c1)CCO2. The quantitative estimate of drug-likeness (QED) is 0.848. The fourth-order valence-corrected chi connectivity index (χ4v) is 2.35. The summed E-state index contributed by atoms with van der Waals surface area (Å²) in [5.41, 5.74) is 10.4. The first-order chi connectivity index (χ1) is 8.29. The summed E-state index contributed by atoms with van der Waals surface area (Å²) in [4.78, 5) is 0. The van der Waals surface area contributed by atoms with Crippen molar-refractivity contribution in [3.63, 3.8) is 0 Å². The second kappa shape index (κ2) is 3.89. The third-order valence-corrected chi connectivity index (χ3v) is 3.20. The van der Waals surface area contributed by atoms with E-state index < -0.39 is 0 Å². The lowest BCUT2D eigenvalue weighted by atomic mass is 10.0. The fraction of sp³-hybridized carbons (Fsp3) is 0.308. The van der Waals surface area contributed by atoms with E-state index in [1.807, 2.05) is 17.8 Å². The molecule has 88 valence electrons. The first kappa shape index (κ1) is 10.4. The lowest BCUT2D eigenvalue weighted by Gasteiger charge is -2.09. The van der Waals surface area contributed by atoms with Gasteiger partial charge in [-0.15, -0.1) is 0 Å². The molecule has 1 aliphatic rings. The van der Waals surface area contributed by atoms with E-state index in [1.165, 1.54) is 5.56 Å². The van der Waals surface area contributed by atoms with Crippen molar-refractivity contribution in [1.29, 1.82) is 0 Å². The van der Waals surface area contributed by atoms with Crippen molar-refractivity contribution in [2.45, 2.75) is 13.0 Å². The number of nitrogens with zero attached hydrogens (tertiary/aromatic N) is 2. The minimum absolute atomic E-state index is 0.508. The van der Waals surface area contributed by atoms with Crippen LogP contribution in [0.5, 0.6) is 5.75 Å². The Morgan fingerprint density at radius 1 is 1.47 bits per heavy atom. The topological polar surface area (TPSA) is 53.1 Å². The van der Waals surface area contributed by atoms with Gasteiger partial charge >= 0.3 is 0 Å². The summed E-state index contributed by atoms with van der Waals surface area (Å²) >= 11 is 0. The van der Waals surface area contributed by atoms with E-state index in [1.54, 1.807) is 6.20 Å². The minimum atomic E-state index is 0.508. The molecule has 0 spiro atoms. The zero-order valence-electron chi connectivity index (χ0n) is 9.81. The smallest absolute Gasteiger partial charge is 0.127 e. The number of fused-ring (bicyclic) bond motifs is 1. The second-order valence-electron chi connectivity index (χ2n) is 4.27. The molecule has 3 rings (SSSR count). The van der Waals surface area contributed by atoms with Crippen LogP contribution in [0.2, 0.25) is 0 Å². The normalized spacial score (nSPS) is 13.5. The molecule has 0 saturated heterocycles. The Bertz CT molecular complexity index is 560. The summed E-state index contributed by atoms with van der Waals surface area (Å²) in [5, 5.41) is 4.20. The summed E-state index contributed by atoms with van der Waals surface area (Å²) in [6, 6.07) is 6.29. The summed E-state index contributed by atoms with van der Waals surface area (Å²) < 4.78 is 7.49. The molecule has 1 aliphatic heterocycles. The maximum absolute atomic E-state index is 5.78. The number of aromatic nitrogens is 2. The number of hydrogen-bond acceptors (Lipinski definition) is 3. The number of hydrogen-bond donors (Lipinski definition) is 1. The van der Waals surface area contributed by atoms with Crippen molar-refractivity contribution in [3.8, 4) is 17.0 Å². The van der Waals surface area contributed by atoms with Crippen LogP contribution in [0.3, 0.4) is 0 Å². The number of benzene rings is 1. The molecule has 1 aromatic heterocycles. The Morgan fingerprint density at radius 3 is 3.06 bits per heavy atom. The molecule has 2 aromatic rings. The highest BCUT2D eigenvalue weighted by molar-refractivity contribution is 5.65. The molecule has 17 heavy (non-hydrogen) atoms. The van der Waals surface area contributed by atoms with Gasteiger partial charge in [-0.25, -0.2) is 0 Å². The standard InChI is InChI=1S/C13H15N3O/c1-16-12(2-4-15-16)10-6-9-3-5-17-13(9)11(7-10)8-14/h2,4,6-7H,3,5,8,14H2,1H3. The molecule has 0 radical (unpaired) electrons. The van der Waals surface area contributed by atoms with E-state index in [4.69, 9.17) is 10.5 Å². The number of aryl methyl sites for hydroxylation is 1. The van der Waals surface area contributed by atoms with Crippen LogP contribution >= 0.6 is 0 Å². The molecule has 0 unspecified atom stereocenters. The Kier molecular flexibility index (Phi) is 2.37. The van der Waals surface area contributed by atoms with Crippen molar-refractivity contribution in [1.82, 2.24) is 9.78 Å². The van der Waals surface area contributed by atoms with Crippen molar-refractivity contribution < 1.29 is 4.74 Å². The highest BCUT2D eigenvalue weighted by Gasteiger charge is 2.18. The average molecular weight is 229 g/mol. The Balaban J connectivity index is 2.16. The van der Waals surface area contributed by atoms with Gasteiger partial charge in [-0.1, -0.05) is 0 Å². The Hall–Kier alpha value is -1.81. The van der Waals surface area contributed by atoms with E-state index in [0.717, 1.165) is 35.6 Å². The second-order valence-corrected chi connectivity index (χ2v) is 4.27. The van der Waals surface area contributed by atoms with Gasteiger partial charge in [0, 0.05) is 37.3 Å². The van der Waals surface area contributed by atoms with E-state index in [2.05, 4.69) is 17.2 Å². The molecular weight excluding hydrogens is 214 g/mol. The summed E-state index contributed by atoms with van der Waals surface area (Å²) in [7, 11) is 1.95. The molecule has 2 N–H and O–H groups in total. The first-order valence-corrected chi connectivity index (χ1v) is 5.76. The van der Waals surface area contributed by atoms with E-state index >= 15 is 0 Å². The zero-order chi connectivity index (χ0) is 11.8. The highest BCUT2D eigenvalue weighted by Crippen LogP contribution is 2.34. The van der Waals surface area contributed by atoms with Crippen LogP contribution in [0.4, 0.5) is 0 Å². The van der Waals surface area contributed by atoms with Gasteiger partial charge in [-0.2, -0.15) is 5.10 Å². The van der Waals surface area contributed by atoms with Crippen molar-refractivity contribution in [3.05, 3.63) is 35.5 Å². The fourth-order valence-electron chi connectivity index (χ4n) is 2.35. The highest BCUT2D eigenvalue weighted by atomic mass is 16.5. The third kappa shape index (κ3) is 1.61. The van der Waals surface area contributed by atoms with Crippen LogP contribution < -0.4 is 10.5 Å². The minimum Gasteiger partial charge on any atom is -0.493 e. The maximum Gasteiger partial charge on any atom is 0.127 e. The molecule has 0 amide bonds. The molecule has 4 nitrogen and oxygen atoms in total. The summed E-state index contributed by atoms with van der Waals surface area (Å²) in [5.74, 6) is 0.985. The van der Waals surface area contributed by atoms with Crippen LogP contribution in [0.25, 0.3) is 11.3 Å². The van der Waals surface area contributed by atoms with Crippen molar-refractivity contribution in [2.24, 2.45) is 12.8 Å². The van der Waals surface area contributed by atoms with Gasteiger partial charge in [0.05, 0.1) is 12.3 Å². The predicted octanol–water partition coefficient (Wildman–Crippen LogP) is 1.48. The van der Waals surface area contributed by atoms with Gasteiger partial charge in [-0.3, -0.25) is 4.68 Å². The van der Waals surface area contributed by atoms with Gasteiger partial charge in [-0.05, 0) is 23.8 Å². The lowest BCUT2D eigenvalue weighted by molar-refractivity contribution is 0.353. The maximum atomic E-state index is 5.78. The molecule has 0 fully saturated rings. The van der Waals surface area contributed by atoms with E-state index in [-0.39, 0.29) is 0 Å². The Labute approximate surface area is 100 Å². The molecule has 0 saturated carbocycles. The van der Waals surface area contributed by atoms with E-state index in [0.29, 0.717) is 6.54 Å². The number of rotatable bonds is 2. The lowest BCUT2D eigenvalue weighted by Crippen LogP contribution is -2.01. The van der Waals surface area contributed by atoms with Gasteiger partial charge in [0.25, 0.3) is 0 Å². The van der Waals surface area contributed by atoms with Crippen molar-refractivity contribution in [2.75, 3.05) is 6.61 Å². The molecule has 0 aliphatic carbocycles.